The molecular formula is C7H12NO7PS. The van der Waals surface area contributed by atoms with Crippen LogP contribution in [0.5, 0.6) is 0 Å². The molecule has 0 aromatic rings. The highest BCUT2D eigenvalue weighted by Crippen LogP contribution is 2.38. The highest BCUT2D eigenvalue weighted by atomic mass is 32.2. The van der Waals surface area contributed by atoms with Crippen molar-refractivity contribution in [2.75, 3.05) is 11.6 Å². The Hall–Kier alpha value is -0.600. The van der Waals surface area contributed by atoms with Gasteiger partial charge in [0.1, 0.15) is 12.1 Å². The molecule has 3 N–H and O–H groups in total. The predicted molar refractivity (Wildman–Crippen MR) is 58.2 cm³/mol. The van der Waals surface area contributed by atoms with Gasteiger partial charge in [-0.1, -0.05) is 0 Å². The highest BCUT2D eigenvalue weighted by molar-refractivity contribution is 7.99. The lowest BCUT2D eigenvalue weighted by atomic mass is 10.2. The Balaban J connectivity index is 2.69. The van der Waals surface area contributed by atoms with Gasteiger partial charge in [-0.2, -0.15) is 0 Å². The van der Waals surface area contributed by atoms with Crippen molar-refractivity contribution < 1.29 is 33.6 Å². The van der Waals surface area contributed by atoms with E-state index in [1.807, 2.05) is 0 Å². The van der Waals surface area contributed by atoms with Crippen LogP contribution in [0.15, 0.2) is 0 Å². The van der Waals surface area contributed by atoms with Gasteiger partial charge in [-0.05, 0) is 6.92 Å². The van der Waals surface area contributed by atoms with Crippen LogP contribution in [0.1, 0.15) is 6.92 Å². The summed E-state index contributed by atoms with van der Waals surface area (Å²) in [6.45, 7) is 1.17. The summed E-state index contributed by atoms with van der Waals surface area (Å²) in [5.74, 6) is -1.47. The van der Waals surface area contributed by atoms with Gasteiger partial charge in [-0.15, -0.1) is 11.8 Å². The summed E-state index contributed by atoms with van der Waals surface area (Å²) in [6.07, 6.45) is -1.38. The zero-order chi connectivity index (χ0) is 13.2. The maximum Gasteiger partial charge on any atom is 0.470 e. The quantitative estimate of drug-likeness (QED) is 0.589. The van der Waals surface area contributed by atoms with Gasteiger partial charge >= 0.3 is 13.8 Å². The number of carboxylic acids is 1. The second-order valence-electron chi connectivity index (χ2n) is 3.40. The average molecular weight is 285 g/mol. The van der Waals surface area contributed by atoms with Crippen LogP contribution in [0.3, 0.4) is 0 Å². The molecule has 1 heterocycles. The first-order valence-corrected chi connectivity index (χ1v) is 7.26. The number of carboxylic acid groups (broad SMARTS) is 1. The third-order valence-corrected chi connectivity index (χ3v) is 3.70. The minimum Gasteiger partial charge on any atom is -0.480 e. The molecule has 1 aliphatic heterocycles. The van der Waals surface area contributed by atoms with Gasteiger partial charge in [0, 0.05) is 5.75 Å². The predicted octanol–water partition coefficient (Wildman–Crippen LogP) is -0.530. The van der Waals surface area contributed by atoms with Gasteiger partial charge in [0.25, 0.3) is 5.91 Å². The van der Waals surface area contributed by atoms with E-state index in [0.717, 1.165) is 4.90 Å². The smallest absolute Gasteiger partial charge is 0.470 e. The molecule has 1 amide bonds. The number of amides is 1. The number of thioether (sulfide) groups is 1. The molecule has 1 fully saturated rings. The van der Waals surface area contributed by atoms with Crippen LogP contribution >= 0.6 is 19.6 Å². The third kappa shape index (κ3) is 3.97. The third-order valence-electron chi connectivity index (χ3n) is 2.09. The van der Waals surface area contributed by atoms with Crippen LogP contribution in [0.2, 0.25) is 0 Å². The number of phosphoric ester groups is 1. The standard InChI is InChI=1S/C7H12NO7PS/c1-4(15-16(12,13)14)6(9)8-3-17-2-5(8)7(10)11/h4-5H,2-3H2,1H3,(H,10,11)(H2,12,13,14). The van der Waals surface area contributed by atoms with Crippen molar-refractivity contribution in [3.8, 4) is 0 Å². The topological polar surface area (TPSA) is 124 Å². The van der Waals surface area contributed by atoms with Crippen LogP contribution in [0.25, 0.3) is 0 Å². The fraction of sp³-hybridized carbons (Fsp3) is 0.714. The van der Waals surface area contributed by atoms with Crippen LogP contribution in [0.4, 0.5) is 0 Å². The molecule has 2 atom stereocenters. The molecule has 0 aromatic carbocycles. The Morgan fingerprint density at radius 1 is 1.53 bits per heavy atom. The summed E-state index contributed by atoms with van der Waals surface area (Å²) in [7, 11) is -4.76. The number of hydrogen-bond donors (Lipinski definition) is 3. The van der Waals surface area contributed by atoms with Crippen LogP contribution in [-0.2, 0) is 18.7 Å². The molecule has 0 aromatic heterocycles. The summed E-state index contributed by atoms with van der Waals surface area (Å²) in [5, 5.41) is 8.85. The normalized spacial score (nSPS) is 22.5. The first kappa shape index (κ1) is 14.5. The molecule has 2 unspecified atom stereocenters. The molecule has 1 aliphatic rings. The molecule has 10 heteroatoms. The zero-order valence-corrected chi connectivity index (χ0v) is 10.6. The van der Waals surface area contributed by atoms with Crippen molar-refractivity contribution in [2.24, 2.45) is 0 Å². The van der Waals surface area contributed by atoms with Gasteiger partial charge in [0.15, 0.2) is 0 Å². The van der Waals surface area contributed by atoms with E-state index < -0.39 is 31.8 Å². The van der Waals surface area contributed by atoms with Crippen molar-refractivity contribution in [3.63, 3.8) is 0 Å². The number of hydrogen-bond acceptors (Lipinski definition) is 5. The van der Waals surface area contributed by atoms with Crippen molar-refractivity contribution in [1.29, 1.82) is 0 Å². The summed E-state index contributed by atoms with van der Waals surface area (Å²) in [5.41, 5.74) is 0. The molecule has 0 aliphatic carbocycles. The number of rotatable bonds is 4. The Labute approximate surface area is 101 Å². The van der Waals surface area contributed by atoms with Crippen LogP contribution in [0, 0.1) is 0 Å². The van der Waals surface area contributed by atoms with E-state index in [0.29, 0.717) is 0 Å². The molecule has 0 bridgehead atoms. The summed E-state index contributed by atoms with van der Waals surface area (Å²) in [6, 6.07) is -0.977. The fourth-order valence-corrected chi connectivity index (χ4v) is 3.01. The Morgan fingerprint density at radius 3 is 2.59 bits per heavy atom. The summed E-state index contributed by atoms with van der Waals surface area (Å²) < 4.78 is 14.8. The van der Waals surface area contributed by atoms with Crippen molar-refractivity contribution in [1.82, 2.24) is 4.90 Å². The minimum absolute atomic E-state index is 0.171. The Morgan fingerprint density at radius 2 is 2.12 bits per heavy atom. The number of carbonyl (C=O) groups is 2. The second kappa shape index (κ2) is 5.36. The molecule has 0 saturated carbocycles. The monoisotopic (exact) mass is 285 g/mol. The van der Waals surface area contributed by atoms with E-state index in [2.05, 4.69) is 4.52 Å². The first-order valence-electron chi connectivity index (χ1n) is 4.57. The lowest BCUT2D eigenvalue weighted by molar-refractivity contribution is -0.150. The van der Waals surface area contributed by atoms with Gasteiger partial charge in [-0.3, -0.25) is 9.32 Å². The molecule has 0 spiro atoms. The fourth-order valence-electron chi connectivity index (χ4n) is 1.35. The largest absolute Gasteiger partial charge is 0.480 e. The lowest BCUT2D eigenvalue weighted by Gasteiger charge is -2.23. The molecule has 1 saturated heterocycles. The van der Waals surface area contributed by atoms with E-state index in [-0.39, 0.29) is 11.6 Å². The molecule has 8 nitrogen and oxygen atoms in total. The average Bonchev–Trinajstić information content (AvgIpc) is 2.61. The molecular weight excluding hydrogens is 273 g/mol. The lowest BCUT2D eigenvalue weighted by Crippen LogP contribution is -2.46. The molecule has 98 valence electrons. The maximum absolute atomic E-state index is 11.7. The van der Waals surface area contributed by atoms with Gasteiger partial charge in [0.05, 0.1) is 5.88 Å². The second-order valence-corrected chi connectivity index (χ2v) is 5.59. The van der Waals surface area contributed by atoms with Gasteiger partial charge in [0.2, 0.25) is 0 Å². The minimum atomic E-state index is -4.76. The number of nitrogens with zero attached hydrogens (tertiary/aromatic N) is 1. The van der Waals surface area contributed by atoms with Crippen molar-refractivity contribution >= 4 is 31.5 Å². The summed E-state index contributed by atoms with van der Waals surface area (Å²) in [4.78, 5) is 40.7. The van der Waals surface area contributed by atoms with E-state index in [1.165, 1.54) is 18.7 Å². The number of carbonyl (C=O) groups excluding carboxylic acids is 1. The maximum atomic E-state index is 11.7. The Kier molecular flexibility index (Phi) is 4.56. The van der Waals surface area contributed by atoms with E-state index >= 15 is 0 Å². The molecule has 0 radical (unpaired) electrons. The van der Waals surface area contributed by atoms with Gasteiger partial charge < -0.3 is 19.8 Å². The van der Waals surface area contributed by atoms with E-state index in [9.17, 15) is 14.2 Å². The van der Waals surface area contributed by atoms with Gasteiger partial charge in [-0.25, -0.2) is 9.36 Å². The summed E-state index contributed by atoms with van der Waals surface area (Å²) >= 11 is 1.26. The van der Waals surface area contributed by atoms with Crippen molar-refractivity contribution in [3.05, 3.63) is 0 Å². The molecule has 17 heavy (non-hydrogen) atoms. The number of phosphoric acid groups is 1. The van der Waals surface area contributed by atoms with Crippen LogP contribution < -0.4 is 0 Å². The van der Waals surface area contributed by atoms with Crippen molar-refractivity contribution in [2.45, 2.75) is 19.1 Å². The molecule has 1 rings (SSSR count). The SMILES string of the molecule is CC(OP(=O)(O)O)C(=O)N1CSCC1C(=O)O. The zero-order valence-electron chi connectivity index (χ0n) is 8.85. The Bertz CT molecular complexity index is 369. The van der Waals surface area contributed by atoms with E-state index in [4.69, 9.17) is 14.9 Å². The van der Waals surface area contributed by atoms with E-state index in [1.54, 1.807) is 0 Å². The van der Waals surface area contributed by atoms with Crippen LogP contribution in [-0.4, -0.2) is 55.4 Å². The highest BCUT2D eigenvalue weighted by Gasteiger charge is 2.38. The number of aliphatic carboxylic acids is 1. The first-order chi connectivity index (χ1) is 7.72.